The molecule has 1 aliphatic rings. The second kappa shape index (κ2) is 7.17. The number of urea groups is 1. The van der Waals surface area contributed by atoms with Crippen LogP contribution in [0.2, 0.25) is 0 Å². The number of carbonyl (C=O) groups is 1. The summed E-state index contributed by atoms with van der Waals surface area (Å²) in [7, 11) is 3.63. The number of ether oxygens (including phenoxy) is 1. The van der Waals surface area contributed by atoms with Crippen molar-refractivity contribution < 1.29 is 9.53 Å². The fraction of sp³-hybridized carbons (Fsp3) is 0.474. The normalized spacial score (nSPS) is 15.3. The largest absolute Gasteiger partial charge is 0.496 e. The standard InChI is InChI=1S/C19H26N4O2/c1-13-5-6-16(14(2)18(13)25-4)21-19(24)23-11-8-15(9-12-23)17-7-10-20-22(17)3/h5-7,10,15H,8-9,11-12H2,1-4H3,(H,21,24). The van der Waals surface area contributed by atoms with Crippen LogP contribution < -0.4 is 10.1 Å². The Morgan fingerprint density at radius 2 is 1.96 bits per heavy atom. The Hall–Kier alpha value is -2.50. The van der Waals surface area contributed by atoms with Crippen molar-refractivity contribution in [1.29, 1.82) is 0 Å². The number of piperidine rings is 1. The van der Waals surface area contributed by atoms with E-state index in [0.29, 0.717) is 5.92 Å². The number of amides is 2. The molecule has 0 atom stereocenters. The van der Waals surface area contributed by atoms with Gasteiger partial charge in [0, 0.05) is 49.2 Å². The topological polar surface area (TPSA) is 59.4 Å². The summed E-state index contributed by atoms with van der Waals surface area (Å²) in [6.45, 7) is 5.48. The Bertz CT molecular complexity index is 761. The van der Waals surface area contributed by atoms with Crippen LogP contribution in [0.25, 0.3) is 0 Å². The van der Waals surface area contributed by atoms with Crippen molar-refractivity contribution in [2.24, 2.45) is 7.05 Å². The van der Waals surface area contributed by atoms with E-state index in [9.17, 15) is 4.79 Å². The third-order valence-electron chi connectivity index (χ3n) is 5.11. The highest BCUT2D eigenvalue weighted by Gasteiger charge is 2.25. The highest BCUT2D eigenvalue weighted by Crippen LogP contribution is 2.30. The molecule has 2 aromatic rings. The fourth-order valence-corrected chi connectivity index (χ4v) is 3.63. The van der Waals surface area contributed by atoms with Crippen molar-refractivity contribution in [2.75, 3.05) is 25.5 Å². The summed E-state index contributed by atoms with van der Waals surface area (Å²) in [5.74, 6) is 1.30. The van der Waals surface area contributed by atoms with Gasteiger partial charge in [0.1, 0.15) is 5.75 Å². The van der Waals surface area contributed by atoms with Gasteiger partial charge in [-0.05, 0) is 44.4 Å². The van der Waals surface area contributed by atoms with E-state index < -0.39 is 0 Å². The monoisotopic (exact) mass is 342 g/mol. The van der Waals surface area contributed by atoms with Gasteiger partial charge in [-0.3, -0.25) is 4.68 Å². The number of aryl methyl sites for hydroxylation is 2. The first kappa shape index (κ1) is 17.3. The zero-order valence-electron chi connectivity index (χ0n) is 15.4. The third kappa shape index (κ3) is 3.48. The molecule has 1 fully saturated rings. The lowest BCUT2D eigenvalue weighted by Gasteiger charge is -2.32. The van der Waals surface area contributed by atoms with Gasteiger partial charge in [0.05, 0.1) is 7.11 Å². The zero-order chi connectivity index (χ0) is 18.0. The van der Waals surface area contributed by atoms with Crippen molar-refractivity contribution in [3.8, 4) is 5.75 Å². The molecule has 0 spiro atoms. The van der Waals surface area contributed by atoms with Gasteiger partial charge in [0.15, 0.2) is 0 Å². The highest BCUT2D eigenvalue weighted by atomic mass is 16.5. The summed E-state index contributed by atoms with van der Waals surface area (Å²) in [6.07, 6.45) is 3.76. The van der Waals surface area contributed by atoms with Crippen molar-refractivity contribution in [2.45, 2.75) is 32.6 Å². The zero-order valence-corrected chi connectivity index (χ0v) is 15.4. The number of hydrogen-bond donors (Lipinski definition) is 1. The van der Waals surface area contributed by atoms with Gasteiger partial charge in [-0.1, -0.05) is 6.07 Å². The molecule has 2 heterocycles. The molecule has 134 valence electrons. The number of aromatic nitrogens is 2. The summed E-state index contributed by atoms with van der Waals surface area (Å²) >= 11 is 0. The Balaban J connectivity index is 1.63. The molecule has 25 heavy (non-hydrogen) atoms. The fourth-order valence-electron chi connectivity index (χ4n) is 3.63. The molecule has 0 radical (unpaired) electrons. The van der Waals surface area contributed by atoms with Crippen molar-refractivity contribution in [3.63, 3.8) is 0 Å². The van der Waals surface area contributed by atoms with Crippen molar-refractivity contribution >= 4 is 11.7 Å². The summed E-state index contributed by atoms with van der Waals surface area (Å²) in [4.78, 5) is 14.5. The van der Waals surface area contributed by atoms with E-state index in [1.807, 2.05) is 48.8 Å². The van der Waals surface area contributed by atoms with Gasteiger partial charge in [0.25, 0.3) is 0 Å². The second-order valence-electron chi connectivity index (χ2n) is 6.66. The molecule has 1 saturated heterocycles. The second-order valence-corrected chi connectivity index (χ2v) is 6.66. The van der Waals surface area contributed by atoms with E-state index in [-0.39, 0.29) is 6.03 Å². The van der Waals surface area contributed by atoms with E-state index in [0.717, 1.165) is 48.5 Å². The molecule has 1 aromatic carbocycles. The number of carbonyl (C=O) groups excluding carboxylic acids is 1. The minimum Gasteiger partial charge on any atom is -0.496 e. The molecule has 1 aliphatic heterocycles. The van der Waals surface area contributed by atoms with Crippen LogP contribution in [0.5, 0.6) is 5.75 Å². The van der Waals surface area contributed by atoms with Gasteiger partial charge in [-0.2, -0.15) is 5.10 Å². The molecule has 0 saturated carbocycles. The van der Waals surface area contributed by atoms with Crippen molar-refractivity contribution in [3.05, 3.63) is 41.2 Å². The van der Waals surface area contributed by atoms with Gasteiger partial charge in [0.2, 0.25) is 0 Å². The molecule has 2 amide bonds. The third-order valence-corrected chi connectivity index (χ3v) is 5.11. The Morgan fingerprint density at radius 3 is 2.56 bits per heavy atom. The first-order valence-electron chi connectivity index (χ1n) is 8.69. The van der Waals surface area contributed by atoms with E-state index in [2.05, 4.69) is 16.5 Å². The molecule has 1 aromatic heterocycles. The Labute approximate surface area is 148 Å². The van der Waals surface area contributed by atoms with Crippen LogP contribution in [0.1, 0.15) is 35.6 Å². The number of rotatable bonds is 3. The molecule has 6 heteroatoms. The van der Waals surface area contributed by atoms with Gasteiger partial charge in [-0.25, -0.2) is 4.79 Å². The van der Waals surface area contributed by atoms with Crippen LogP contribution in [-0.2, 0) is 7.05 Å². The number of nitrogens with one attached hydrogen (secondary N) is 1. The molecular formula is C19H26N4O2. The SMILES string of the molecule is COc1c(C)ccc(NC(=O)N2CCC(c3ccnn3C)CC2)c1C. The lowest BCUT2D eigenvalue weighted by molar-refractivity contribution is 0.193. The van der Waals surface area contributed by atoms with E-state index in [1.54, 1.807) is 7.11 Å². The first-order valence-corrected chi connectivity index (χ1v) is 8.69. The average Bonchev–Trinajstić information content (AvgIpc) is 3.04. The van der Waals surface area contributed by atoms with Crippen molar-refractivity contribution in [1.82, 2.24) is 14.7 Å². The van der Waals surface area contributed by atoms with Crippen LogP contribution >= 0.6 is 0 Å². The molecule has 6 nitrogen and oxygen atoms in total. The van der Waals surface area contributed by atoms with E-state index in [1.165, 1.54) is 5.69 Å². The van der Waals surface area contributed by atoms with Crippen LogP contribution in [0.3, 0.4) is 0 Å². The first-order chi connectivity index (χ1) is 12.0. The van der Waals surface area contributed by atoms with Gasteiger partial charge >= 0.3 is 6.03 Å². The Morgan fingerprint density at radius 1 is 1.24 bits per heavy atom. The predicted octanol–water partition coefficient (Wildman–Crippen LogP) is 3.46. The maximum atomic E-state index is 12.6. The Kier molecular flexibility index (Phi) is 4.97. The van der Waals surface area contributed by atoms with E-state index in [4.69, 9.17) is 4.74 Å². The quantitative estimate of drug-likeness (QED) is 0.929. The number of anilines is 1. The number of nitrogens with zero attached hydrogens (tertiary/aromatic N) is 3. The van der Waals surface area contributed by atoms with E-state index >= 15 is 0 Å². The molecule has 1 N–H and O–H groups in total. The van der Waals surface area contributed by atoms with Crippen LogP contribution in [0.15, 0.2) is 24.4 Å². The maximum Gasteiger partial charge on any atom is 0.321 e. The molecular weight excluding hydrogens is 316 g/mol. The van der Waals surface area contributed by atoms with Crippen LogP contribution in [0, 0.1) is 13.8 Å². The molecule has 0 unspecified atom stereocenters. The molecule has 0 aliphatic carbocycles. The molecule has 3 rings (SSSR count). The average molecular weight is 342 g/mol. The smallest absolute Gasteiger partial charge is 0.321 e. The molecule has 0 bridgehead atoms. The predicted molar refractivity (Wildman–Crippen MR) is 98.2 cm³/mol. The van der Waals surface area contributed by atoms with Crippen LogP contribution in [-0.4, -0.2) is 40.9 Å². The number of methoxy groups -OCH3 is 1. The minimum absolute atomic E-state index is 0.0440. The van der Waals surface area contributed by atoms with Crippen LogP contribution in [0.4, 0.5) is 10.5 Å². The summed E-state index contributed by atoms with van der Waals surface area (Å²) in [5.41, 5.74) is 4.08. The summed E-state index contributed by atoms with van der Waals surface area (Å²) < 4.78 is 7.37. The van der Waals surface area contributed by atoms with Gasteiger partial charge < -0.3 is 15.0 Å². The summed E-state index contributed by atoms with van der Waals surface area (Å²) in [5, 5.41) is 7.28. The lowest BCUT2D eigenvalue weighted by atomic mass is 9.93. The number of likely N-dealkylation sites (tertiary alicyclic amines) is 1. The maximum absolute atomic E-state index is 12.6. The number of benzene rings is 1. The summed E-state index contributed by atoms with van der Waals surface area (Å²) in [6, 6.07) is 5.93. The lowest BCUT2D eigenvalue weighted by Crippen LogP contribution is -2.40. The van der Waals surface area contributed by atoms with Gasteiger partial charge in [-0.15, -0.1) is 0 Å². The minimum atomic E-state index is -0.0440. The highest BCUT2D eigenvalue weighted by molar-refractivity contribution is 5.90. The number of hydrogen-bond acceptors (Lipinski definition) is 3.